The van der Waals surface area contributed by atoms with E-state index in [0.717, 1.165) is 0 Å². The summed E-state index contributed by atoms with van der Waals surface area (Å²) in [6, 6.07) is -5.12. The van der Waals surface area contributed by atoms with Gasteiger partial charge in [0.25, 0.3) is 0 Å². The van der Waals surface area contributed by atoms with Crippen molar-refractivity contribution in [1.29, 1.82) is 0 Å². The number of hydrogen-bond donors (Lipinski definition) is 8. The zero-order valence-corrected chi connectivity index (χ0v) is 20.0. The van der Waals surface area contributed by atoms with Gasteiger partial charge in [-0.25, -0.2) is 9.78 Å². The fourth-order valence-corrected chi connectivity index (χ4v) is 3.15. The Balaban J connectivity index is 2.96. The van der Waals surface area contributed by atoms with Crippen LogP contribution in [0.15, 0.2) is 12.5 Å². The van der Waals surface area contributed by atoms with Gasteiger partial charge in [-0.2, -0.15) is 0 Å². The molecule has 35 heavy (non-hydrogen) atoms. The van der Waals surface area contributed by atoms with Crippen LogP contribution in [0.25, 0.3) is 0 Å². The standard InChI is InChI=1S/C21H35N7O7/c1-4-10(2)16(21(34)35)27-20(33)17(11(3)29)28-19(32)14(5-6-15(23)30)26-18(31)13(22)7-12-8-24-9-25-12/h8-11,13-14,16-17,29H,4-7,22H2,1-3H3,(H2,23,30)(H,24,25)(H,26,31)(H,27,33)(H,28,32)(H,34,35). The van der Waals surface area contributed by atoms with Crippen LogP contribution >= 0.6 is 0 Å². The zero-order chi connectivity index (χ0) is 26.7. The highest BCUT2D eigenvalue weighted by Gasteiger charge is 2.34. The molecular formula is C21H35N7O7. The SMILES string of the molecule is CCC(C)C(NC(=O)C(NC(=O)C(CCC(N)=O)NC(=O)C(N)Cc1cnc[nH]1)C(C)O)C(=O)O. The Morgan fingerprint density at radius 1 is 1.06 bits per heavy atom. The van der Waals surface area contributed by atoms with Crippen LogP contribution < -0.4 is 27.4 Å². The molecule has 0 aliphatic heterocycles. The number of H-pyrrole nitrogens is 1. The maximum absolute atomic E-state index is 12.9. The molecule has 14 heteroatoms. The van der Waals surface area contributed by atoms with Crippen LogP contribution in [0.4, 0.5) is 0 Å². The van der Waals surface area contributed by atoms with E-state index in [1.807, 2.05) is 0 Å². The number of amides is 4. The molecule has 0 saturated carbocycles. The largest absolute Gasteiger partial charge is 0.480 e. The van der Waals surface area contributed by atoms with Crippen LogP contribution in [0.3, 0.4) is 0 Å². The molecule has 1 aromatic heterocycles. The number of carboxylic acids is 1. The van der Waals surface area contributed by atoms with Crippen LogP contribution in [0.5, 0.6) is 0 Å². The predicted molar refractivity (Wildman–Crippen MR) is 123 cm³/mol. The Labute approximate surface area is 202 Å². The molecule has 0 radical (unpaired) electrons. The first kappa shape index (κ1) is 29.5. The number of aromatic nitrogens is 2. The molecule has 0 aliphatic carbocycles. The first-order valence-corrected chi connectivity index (χ1v) is 11.2. The van der Waals surface area contributed by atoms with Gasteiger partial charge in [0, 0.05) is 24.7 Å². The molecule has 1 rings (SSSR count). The van der Waals surface area contributed by atoms with Crippen molar-refractivity contribution in [3.63, 3.8) is 0 Å². The van der Waals surface area contributed by atoms with Crippen LogP contribution in [0.2, 0.25) is 0 Å². The van der Waals surface area contributed by atoms with Crippen molar-refractivity contribution in [3.05, 3.63) is 18.2 Å². The number of imidazole rings is 1. The summed E-state index contributed by atoms with van der Waals surface area (Å²) < 4.78 is 0. The second-order valence-corrected chi connectivity index (χ2v) is 8.39. The number of aliphatic hydroxyl groups is 1. The lowest BCUT2D eigenvalue weighted by molar-refractivity contribution is -0.144. The second-order valence-electron chi connectivity index (χ2n) is 8.39. The Morgan fingerprint density at radius 2 is 1.69 bits per heavy atom. The minimum absolute atomic E-state index is 0.0981. The van der Waals surface area contributed by atoms with Crippen molar-refractivity contribution in [2.45, 2.75) is 76.7 Å². The summed E-state index contributed by atoms with van der Waals surface area (Å²) in [7, 11) is 0. The Hall–Kier alpha value is -3.52. The van der Waals surface area contributed by atoms with Crippen LogP contribution in [-0.2, 0) is 30.4 Å². The smallest absolute Gasteiger partial charge is 0.326 e. The Kier molecular flexibility index (Phi) is 11.8. The summed E-state index contributed by atoms with van der Waals surface area (Å²) >= 11 is 0. The maximum atomic E-state index is 12.9. The number of aliphatic hydroxyl groups excluding tert-OH is 1. The maximum Gasteiger partial charge on any atom is 0.326 e. The lowest BCUT2D eigenvalue weighted by Gasteiger charge is -2.27. The number of nitrogens with two attached hydrogens (primary N) is 2. The molecule has 0 aliphatic rings. The monoisotopic (exact) mass is 497 g/mol. The lowest BCUT2D eigenvalue weighted by atomic mass is 9.98. The minimum Gasteiger partial charge on any atom is -0.480 e. The van der Waals surface area contributed by atoms with Gasteiger partial charge < -0.3 is 42.6 Å². The number of carbonyl (C=O) groups excluding carboxylic acids is 4. The van der Waals surface area contributed by atoms with Crippen molar-refractivity contribution in [2.75, 3.05) is 0 Å². The van der Waals surface area contributed by atoms with Crippen molar-refractivity contribution < 1.29 is 34.2 Å². The summed E-state index contributed by atoms with van der Waals surface area (Å²) in [6.45, 7) is 4.63. The van der Waals surface area contributed by atoms with Gasteiger partial charge in [0.15, 0.2) is 0 Å². The third-order valence-corrected chi connectivity index (χ3v) is 5.48. The second kappa shape index (κ2) is 14.0. The quantitative estimate of drug-likeness (QED) is 0.128. The first-order valence-electron chi connectivity index (χ1n) is 11.2. The number of rotatable bonds is 15. The lowest BCUT2D eigenvalue weighted by Crippen LogP contribution is -2.60. The predicted octanol–water partition coefficient (Wildman–Crippen LogP) is -2.49. The number of carbonyl (C=O) groups is 5. The molecule has 0 spiro atoms. The topological polar surface area (TPSA) is 243 Å². The van der Waals surface area contributed by atoms with E-state index in [9.17, 15) is 34.2 Å². The molecule has 0 saturated heterocycles. The van der Waals surface area contributed by atoms with Gasteiger partial charge in [0.05, 0.1) is 18.5 Å². The fourth-order valence-electron chi connectivity index (χ4n) is 3.15. The van der Waals surface area contributed by atoms with E-state index in [0.29, 0.717) is 12.1 Å². The van der Waals surface area contributed by atoms with Crippen LogP contribution in [0, 0.1) is 5.92 Å². The van der Waals surface area contributed by atoms with E-state index in [1.165, 1.54) is 19.4 Å². The number of nitrogens with one attached hydrogen (secondary N) is 4. The van der Waals surface area contributed by atoms with Crippen molar-refractivity contribution >= 4 is 29.6 Å². The molecule has 0 bridgehead atoms. The van der Waals surface area contributed by atoms with Gasteiger partial charge >= 0.3 is 5.97 Å². The average molecular weight is 498 g/mol. The van der Waals surface area contributed by atoms with E-state index >= 15 is 0 Å². The molecule has 0 aromatic carbocycles. The van der Waals surface area contributed by atoms with E-state index < -0.39 is 65.8 Å². The van der Waals surface area contributed by atoms with E-state index in [4.69, 9.17) is 11.5 Å². The third-order valence-electron chi connectivity index (χ3n) is 5.48. The summed E-state index contributed by atoms with van der Waals surface area (Å²) in [6.07, 6.45) is 1.61. The van der Waals surface area contributed by atoms with Gasteiger partial charge in [-0.15, -0.1) is 0 Å². The molecular weight excluding hydrogens is 462 g/mol. The number of nitrogens with zero attached hydrogens (tertiary/aromatic N) is 1. The number of aliphatic carboxylic acids is 1. The molecule has 4 amide bonds. The van der Waals surface area contributed by atoms with E-state index in [2.05, 4.69) is 25.9 Å². The highest BCUT2D eigenvalue weighted by Crippen LogP contribution is 2.09. The molecule has 1 heterocycles. The third kappa shape index (κ3) is 9.70. The number of primary amides is 1. The normalized spacial score (nSPS) is 16.1. The number of hydrogen-bond acceptors (Lipinski definition) is 8. The van der Waals surface area contributed by atoms with Crippen LogP contribution in [0.1, 0.15) is 45.7 Å². The molecule has 1 aromatic rings. The summed E-state index contributed by atoms with van der Waals surface area (Å²) in [5.41, 5.74) is 11.6. The van der Waals surface area contributed by atoms with Crippen molar-refractivity contribution in [3.8, 4) is 0 Å². The number of carboxylic acid groups (broad SMARTS) is 1. The first-order chi connectivity index (χ1) is 16.4. The van der Waals surface area contributed by atoms with E-state index in [1.54, 1.807) is 13.8 Å². The average Bonchev–Trinajstić information content (AvgIpc) is 3.29. The molecule has 6 atom stereocenters. The Bertz CT molecular complexity index is 875. The highest BCUT2D eigenvalue weighted by molar-refractivity contribution is 5.94. The van der Waals surface area contributed by atoms with Gasteiger partial charge in [0.1, 0.15) is 18.1 Å². The van der Waals surface area contributed by atoms with Gasteiger partial charge in [0.2, 0.25) is 23.6 Å². The van der Waals surface area contributed by atoms with Crippen LogP contribution in [-0.4, -0.2) is 80.1 Å². The summed E-state index contributed by atoms with van der Waals surface area (Å²) in [5, 5.41) is 26.5. The van der Waals surface area contributed by atoms with Gasteiger partial charge in [-0.3, -0.25) is 19.2 Å². The number of aromatic amines is 1. The summed E-state index contributed by atoms with van der Waals surface area (Å²) in [4.78, 5) is 67.6. The highest BCUT2D eigenvalue weighted by atomic mass is 16.4. The molecule has 0 fully saturated rings. The van der Waals surface area contributed by atoms with E-state index in [-0.39, 0.29) is 19.3 Å². The minimum atomic E-state index is -1.53. The van der Waals surface area contributed by atoms with Gasteiger partial charge in [-0.05, 0) is 19.3 Å². The fraction of sp³-hybridized carbons (Fsp3) is 0.619. The molecule has 14 nitrogen and oxygen atoms in total. The zero-order valence-electron chi connectivity index (χ0n) is 20.0. The molecule has 10 N–H and O–H groups in total. The Morgan fingerprint density at radius 3 is 2.17 bits per heavy atom. The summed E-state index contributed by atoms with van der Waals surface area (Å²) in [5.74, 6) is -4.91. The van der Waals surface area contributed by atoms with Gasteiger partial charge in [-0.1, -0.05) is 20.3 Å². The molecule has 196 valence electrons. The molecule has 6 unspecified atom stereocenters. The van der Waals surface area contributed by atoms with Crippen molar-refractivity contribution in [2.24, 2.45) is 17.4 Å². The van der Waals surface area contributed by atoms with Crippen molar-refractivity contribution in [1.82, 2.24) is 25.9 Å².